The second kappa shape index (κ2) is 7.43. The average Bonchev–Trinajstić information content (AvgIpc) is 2.16. The Hall–Kier alpha value is 0.992. The number of halogens is 2. The van der Waals surface area contributed by atoms with Crippen LogP contribution in [0.4, 0.5) is 0 Å². The molecule has 6 heteroatoms. The van der Waals surface area contributed by atoms with Crippen molar-refractivity contribution in [3.8, 4) is 0 Å². The molecule has 0 amide bonds. The number of rotatable bonds is 5. The molecule has 1 aliphatic rings. The van der Waals surface area contributed by atoms with Crippen LogP contribution < -0.4 is 10.6 Å². The largest absolute Gasteiger partial charge is 0.288 e. The molecule has 2 unspecified atom stereocenters. The summed E-state index contributed by atoms with van der Waals surface area (Å²) in [5.74, 6) is 0. The van der Waals surface area contributed by atoms with Crippen LogP contribution in [0.15, 0.2) is 0 Å². The van der Waals surface area contributed by atoms with Crippen LogP contribution in [-0.2, 0) is 0 Å². The van der Waals surface area contributed by atoms with Crippen LogP contribution in [0.3, 0.4) is 0 Å². The van der Waals surface area contributed by atoms with Gasteiger partial charge in [-0.1, -0.05) is 49.4 Å². The van der Waals surface area contributed by atoms with Crippen molar-refractivity contribution in [1.29, 1.82) is 0 Å². The molecule has 3 atom stereocenters. The highest BCUT2D eigenvalue weighted by atomic mass is 35.5. The van der Waals surface area contributed by atoms with Crippen LogP contribution in [0, 0.1) is 0 Å². The molecular weight excluding hydrogens is 260 g/mol. The average molecular weight is 282 g/mol. The first-order valence-corrected chi connectivity index (χ1v) is 8.16. The first-order valence-electron chi connectivity index (χ1n) is 6.14. The maximum atomic E-state index is 6.29. The van der Waals surface area contributed by atoms with Crippen LogP contribution >= 0.6 is 23.2 Å². The molecule has 1 rings (SSSR count). The Labute approximate surface area is 117 Å². The molecule has 1 saturated heterocycles. The Morgan fingerprint density at radius 2 is 1.81 bits per heavy atom. The van der Waals surface area contributed by atoms with E-state index in [0.29, 0.717) is 11.1 Å². The third-order valence-electron chi connectivity index (χ3n) is 3.03. The summed E-state index contributed by atoms with van der Waals surface area (Å²) in [7, 11) is 0. The Morgan fingerprint density at radius 1 is 1.25 bits per heavy atom. The van der Waals surface area contributed by atoms with Gasteiger partial charge in [-0.15, -0.1) is 0 Å². The van der Waals surface area contributed by atoms with Gasteiger partial charge in [0.25, 0.3) is 16.3 Å². The van der Waals surface area contributed by atoms with Crippen LogP contribution in [0.1, 0.15) is 39.5 Å². The van der Waals surface area contributed by atoms with E-state index in [1.54, 1.807) is 0 Å². The summed E-state index contributed by atoms with van der Waals surface area (Å²) in [5.41, 5.74) is -0.300. The van der Waals surface area contributed by atoms with E-state index in [4.69, 9.17) is 23.2 Å². The molecule has 2 N–H and O–H groups in total. The summed E-state index contributed by atoms with van der Waals surface area (Å²) in [4.78, 5) is 2.10. The predicted octanol–water partition coefficient (Wildman–Crippen LogP) is 1.41. The molecule has 0 radical (unpaired) electrons. The van der Waals surface area contributed by atoms with Gasteiger partial charge in [0.1, 0.15) is 11.2 Å². The molecular formula is C10H22AlCl2N3. The van der Waals surface area contributed by atoms with Crippen molar-refractivity contribution in [1.82, 2.24) is 15.5 Å². The van der Waals surface area contributed by atoms with E-state index in [9.17, 15) is 0 Å². The van der Waals surface area contributed by atoms with Crippen molar-refractivity contribution in [2.24, 2.45) is 0 Å². The van der Waals surface area contributed by atoms with E-state index in [-0.39, 0.29) is 11.2 Å². The lowest BCUT2D eigenvalue weighted by Gasteiger charge is -2.44. The molecule has 16 heavy (non-hydrogen) atoms. The van der Waals surface area contributed by atoms with E-state index in [1.807, 2.05) is 0 Å². The van der Waals surface area contributed by atoms with Crippen molar-refractivity contribution in [2.75, 3.05) is 0 Å². The molecule has 1 fully saturated rings. The Morgan fingerprint density at radius 3 is 2.31 bits per heavy atom. The number of unbranched alkanes of at least 4 members (excludes halogenated alkanes) is 2. The Kier molecular flexibility index (Phi) is 6.99. The first-order chi connectivity index (χ1) is 7.56. The monoisotopic (exact) mass is 281 g/mol. The van der Waals surface area contributed by atoms with E-state index in [1.165, 1.54) is 19.3 Å². The zero-order chi connectivity index (χ0) is 12.1. The van der Waals surface area contributed by atoms with Crippen molar-refractivity contribution < 1.29 is 0 Å². The molecule has 3 nitrogen and oxygen atoms in total. The second-order valence-electron chi connectivity index (χ2n) is 4.52. The van der Waals surface area contributed by atoms with Crippen molar-refractivity contribution >= 4 is 39.5 Å². The third kappa shape index (κ3) is 4.34. The highest BCUT2D eigenvalue weighted by molar-refractivity contribution is 6.24. The van der Waals surface area contributed by atoms with Gasteiger partial charge in [0.15, 0.2) is 0 Å². The number of nitrogens with one attached hydrogen (secondary N) is 2. The van der Waals surface area contributed by atoms with E-state index < -0.39 is 0 Å². The standard InChI is InChI=1S/C10H20Cl2N3.Al.2H/c1-3-4-5-6-8(2)15-9(11)13-7-14-10(15)12;;;/h7-10,13-14H,3-6H2,1-2H3;;;/t8-,9?,10?;;;/m0.../s1. The van der Waals surface area contributed by atoms with Gasteiger partial charge in [0.2, 0.25) is 0 Å². The third-order valence-corrected chi connectivity index (χ3v) is 4.40. The summed E-state index contributed by atoms with van der Waals surface area (Å²) in [5, 5.41) is 6.87. The van der Waals surface area contributed by atoms with E-state index in [2.05, 4.69) is 29.4 Å². The van der Waals surface area contributed by atoms with Crippen LogP contribution in [0.2, 0.25) is 0 Å². The van der Waals surface area contributed by atoms with Gasteiger partial charge >= 0.3 is 0 Å². The van der Waals surface area contributed by atoms with Crippen LogP contribution in [0.5, 0.6) is 0 Å². The van der Waals surface area contributed by atoms with Crippen molar-refractivity contribution in [3.05, 3.63) is 0 Å². The van der Waals surface area contributed by atoms with Gasteiger partial charge in [-0.2, -0.15) is 0 Å². The molecule has 1 aliphatic heterocycles. The molecule has 0 aromatic carbocycles. The molecule has 0 aromatic rings. The summed E-state index contributed by atoms with van der Waals surface area (Å²) >= 11 is 13.6. The molecule has 1 heterocycles. The van der Waals surface area contributed by atoms with Crippen LogP contribution in [0.25, 0.3) is 0 Å². The zero-order valence-corrected chi connectivity index (χ0v) is 13.9. The van der Waals surface area contributed by atoms with Crippen molar-refractivity contribution in [3.63, 3.8) is 0 Å². The topological polar surface area (TPSA) is 27.3 Å². The fraction of sp³-hybridized carbons (Fsp3) is 1.00. The maximum Gasteiger partial charge on any atom is 0.262 e. The fourth-order valence-electron chi connectivity index (χ4n) is 2.03. The van der Waals surface area contributed by atoms with E-state index in [0.717, 1.165) is 22.7 Å². The minimum atomic E-state index is -0.150. The molecule has 0 saturated carbocycles. The molecule has 0 bridgehead atoms. The normalized spacial score (nSPS) is 33.9. The second-order valence-corrected chi connectivity index (χ2v) is 6.50. The van der Waals surface area contributed by atoms with Gasteiger partial charge in [0.05, 0.1) is 0 Å². The first kappa shape index (κ1) is 15.1. The van der Waals surface area contributed by atoms with Gasteiger partial charge < -0.3 is 0 Å². The molecule has 0 spiro atoms. The lowest BCUT2D eigenvalue weighted by atomic mass is 10.1. The van der Waals surface area contributed by atoms with Gasteiger partial charge in [0, 0.05) is 6.04 Å². The quantitative estimate of drug-likeness (QED) is 0.345. The smallest absolute Gasteiger partial charge is 0.262 e. The minimum Gasteiger partial charge on any atom is -0.288 e. The van der Waals surface area contributed by atoms with E-state index >= 15 is 0 Å². The SMILES string of the molecule is CCCCC[C@H](C)N1C(Cl)N[CH]([AlH2])NC1Cl. The lowest BCUT2D eigenvalue weighted by molar-refractivity contribution is 0.0806. The number of alkyl halides is 2. The zero-order valence-electron chi connectivity index (χ0n) is 10.3. The maximum absolute atomic E-state index is 6.29. The summed E-state index contributed by atoms with van der Waals surface area (Å²) in [6.45, 7) is 4.41. The minimum absolute atomic E-state index is 0.150. The van der Waals surface area contributed by atoms with Gasteiger partial charge in [-0.05, 0) is 18.4 Å². The molecule has 0 aromatic heterocycles. The Balaban J connectivity index is 2.43. The lowest BCUT2D eigenvalue weighted by Crippen LogP contribution is -2.67. The highest BCUT2D eigenvalue weighted by Gasteiger charge is 2.33. The number of hydrogen-bond acceptors (Lipinski definition) is 3. The highest BCUT2D eigenvalue weighted by Crippen LogP contribution is 2.21. The van der Waals surface area contributed by atoms with Crippen LogP contribution in [-0.4, -0.2) is 43.5 Å². The Bertz CT molecular complexity index is 197. The number of nitrogens with zero attached hydrogens (tertiary/aromatic N) is 1. The summed E-state index contributed by atoms with van der Waals surface area (Å²) < 4.78 is 0. The molecule has 0 aliphatic carbocycles. The summed E-state index contributed by atoms with van der Waals surface area (Å²) in [6, 6.07) is 0.408. The predicted molar refractivity (Wildman–Crippen MR) is 73.3 cm³/mol. The fourth-order valence-corrected chi connectivity index (χ4v) is 4.13. The van der Waals surface area contributed by atoms with Gasteiger partial charge in [-0.25, -0.2) is 4.90 Å². The summed E-state index contributed by atoms with van der Waals surface area (Å²) in [6.07, 6.45) is 4.92. The van der Waals surface area contributed by atoms with Gasteiger partial charge in [-0.3, -0.25) is 10.6 Å². The van der Waals surface area contributed by atoms with Crippen molar-refractivity contribution in [2.45, 2.75) is 61.9 Å². The molecule has 94 valence electrons. The number of hydrogen-bond donors (Lipinski definition) is 2.